The van der Waals surface area contributed by atoms with Crippen LogP contribution in [-0.2, 0) is 0 Å². The Morgan fingerprint density at radius 2 is 2.10 bits per heavy atom. The van der Waals surface area contributed by atoms with Gasteiger partial charge in [-0.3, -0.25) is 0 Å². The van der Waals surface area contributed by atoms with Crippen LogP contribution >= 0.6 is 22.9 Å². The first-order chi connectivity index (χ1) is 14.0. The normalized spacial score (nSPS) is 19.9. The third-order valence-corrected chi connectivity index (χ3v) is 7.37. The minimum Gasteiger partial charge on any atom is -0.355 e. The zero-order valence-corrected chi connectivity index (χ0v) is 18.0. The van der Waals surface area contributed by atoms with E-state index in [9.17, 15) is 0 Å². The number of nitrogens with two attached hydrogens (primary N) is 1. The molecule has 1 aromatic carbocycles. The zero-order valence-electron chi connectivity index (χ0n) is 16.4. The van der Waals surface area contributed by atoms with Gasteiger partial charge in [0, 0.05) is 36.5 Å². The lowest BCUT2D eigenvalue weighted by Gasteiger charge is -2.34. The van der Waals surface area contributed by atoms with Crippen LogP contribution in [0.4, 0.5) is 5.82 Å². The molecule has 1 saturated carbocycles. The molecule has 150 valence electrons. The van der Waals surface area contributed by atoms with Gasteiger partial charge in [-0.25, -0.2) is 15.0 Å². The van der Waals surface area contributed by atoms with Gasteiger partial charge in [-0.1, -0.05) is 17.7 Å². The molecule has 3 N–H and O–H groups in total. The largest absolute Gasteiger partial charge is 0.355 e. The highest BCUT2D eigenvalue weighted by Crippen LogP contribution is 2.39. The number of thiazole rings is 1. The van der Waals surface area contributed by atoms with Gasteiger partial charge in [0.25, 0.3) is 0 Å². The van der Waals surface area contributed by atoms with E-state index in [1.807, 2.05) is 31.5 Å². The molecular formula is C21H23ClN6S. The van der Waals surface area contributed by atoms with Crippen molar-refractivity contribution in [2.24, 2.45) is 5.73 Å². The summed E-state index contributed by atoms with van der Waals surface area (Å²) in [6.07, 6.45) is 8.20. The van der Waals surface area contributed by atoms with Crippen LogP contribution in [0.3, 0.4) is 0 Å². The molecule has 0 bridgehead atoms. The first-order valence-electron chi connectivity index (χ1n) is 9.90. The molecule has 3 aromatic heterocycles. The van der Waals surface area contributed by atoms with E-state index in [4.69, 9.17) is 27.3 Å². The van der Waals surface area contributed by atoms with Gasteiger partial charge < -0.3 is 15.6 Å². The number of H-pyrrole nitrogens is 1. The lowest BCUT2D eigenvalue weighted by Crippen LogP contribution is -2.41. The van der Waals surface area contributed by atoms with Gasteiger partial charge in [0.15, 0.2) is 5.65 Å². The smallest absolute Gasteiger partial charge is 0.159 e. The maximum atomic E-state index is 6.73. The van der Waals surface area contributed by atoms with E-state index in [0.717, 1.165) is 69.0 Å². The minimum atomic E-state index is 0.275. The number of benzene rings is 1. The second-order valence-electron chi connectivity index (χ2n) is 7.83. The number of aryl methyl sites for hydroxylation is 1. The number of halogens is 1. The Labute approximate surface area is 178 Å². The van der Waals surface area contributed by atoms with Gasteiger partial charge in [-0.15, -0.1) is 11.3 Å². The SMILES string of the molecule is Cc1nc2ccc(-c3c[nH]c4nc(N(C)[C@@H]5CCC[C@@H](N)C5)cnc34)c(Cl)c2s1. The number of fused-ring (bicyclic) bond motifs is 2. The van der Waals surface area contributed by atoms with Crippen LogP contribution in [0.2, 0.25) is 5.02 Å². The molecule has 2 atom stereocenters. The Morgan fingerprint density at radius 1 is 1.24 bits per heavy atom. The monoisotopic (exact) mass is 426 g/mol. The Kier molecular flexibility index (Phi) is 4.69. The van der Waals surface area contributed by atoms with Crippen molar-refractivity contribution < 1.29 is 0 Å². The van der Waals surface area contributed by atoms with Crippen molar-refractivity contribution in [2.75, 3.05) is 11.9 Å². The molecule has 3 heterocycles. The third-order valence-electron chi connectivity index (χ3n) is 5.86. The highest BCUT2D eigenvalue weighted by atomic mass is 35.5. The number of rotatable bonds is 3. The first-order valence-corrected chi connectivity index (χ1v) is 11.1. The third kappa shape index (κ3) is 3.27. The predicted molar refractivity (Wildman–Crippen MR) is 121 cm³/mol. The van der Waals surface area contributed by atoms with Crippen molar-refractivity contribution in [3.8, 4) is 11.1 Å². The summed E-state index contributed by atoms with van der Waals surface area (Å²) in [5.41, 5.74) is 10.6. The molecule has 4 aromatic rings. The van der Waals surface area contributed by atoms with Crippen molar-refractivity contribution in [1.29, 1.82) is 0 Å². The second-order valence-corrected chi connectivity index (χ2v) is 9.41. The number of nitrogens with zero attached hydrogens (tertiary/aromatic N) is 4. The average molecular weight is 427 g/mol. The number of hydrogen-bond donors (Lipinski definition) is 2. The summed E-state index contributed by atoms with van der Waals surface area (Å²) in [6, 6.07) is 4.71. The van der Waals surface area contributed by atoms with E-state index in [1.165, 1.54) is 0 Å². The van der Waals surface area contributed by atoms with Crippen LogP contribution < -0.4 is 10.6 Å². The molecular weight excluding hydrogens is 404 g/mol. The van der Waals surface area contributed by atoms with E-state index >= 15 is 0 Å². The molecule has 5 rings (SSSR count). The Bertz CT molecular complexity index is 1200. The lowest BCUT2D eigenvalue weighted by molar-refractivity contribution is 0.381. The van der Waals surface area contributed by atoms with Crippen molar-refractivity contribution >= 4 is 50.1 Å². The molecule has 0 unspecified atom stereocenters. The average Bonchev–Trinajstić information content (AvgIpc) is 3.30. The number of aromatic nitrogens is 4. The molecule has 0 spiro atoms. The molecule has 1 aliphatic rings. The molecule has 0 radical (unpaired) electrons. The fraction of sp³-hybridized carbons (Fsp3) is 0.381. The van der Waals surface area contributed by atoms with E-state index < -0.39 is 0 Å². The van der Waals surface area contributed by atoms with Gasteiger partial charge in [0.05, 0.1) is 26.4 Å². The summed E-state index contributed by atoms with van der Waals surface area (Å²) in [7, 11) is 2.08. The highest BCUT2D eigenvalue weighted by molar-refractivity contribution is 7.19. The summed E-state index contributed by atoms with van der Waals surface area (Å²) >= 11 is 8.34. The number of hydrogen-bond acceptors (Lipinski definition) is 6. The molecule has 1 aliphatic carbocycles. The van der Waals surface area contributed by atoms with Crippen molar-refractivity contribution in [3.63, 3.8) is 0 Å². The predicted octanol–water partition coefficient (Wildman–Crippen LogP) is 4.90. The quantitative estimate of drug-likeness (QED) is 0.486. The fourth-order valence-electron chi connectivity index (χ4n) is 4.28. The molecule has 1 fully saturated rings. The summed E-state index contributed by atoms with van der Waals surface area (Å²) < 4.78 is 1.01. The van der Waals surface area contributed by atoms with Crippen LogP contribution in [0, 0.1) is 6.92 Å². The maximum absolute atomic E-state index is 6.73. The van der Waals surface area contributed by atoms with Crippen molar-refractivity contribution in [3.05, 3.63) is 34.6 Å². The van der Waals surface area contributed by atoms with Crippen LogP contribution in [0.15, 0.2) is 24.5 Å². The number of anilines is 1. The van der Waals surface area contributed by atoms with E-state index in [2.05, 4.69) is 21.9 Å². The maximum Gasteiger partial charge on any atom is 0.159 e. The van der Waals surface area contributed by atoms with Crippen LogP contribution in [0.1, 0.15) is 30.7 Å². The van der Waals surface area contributed by atoms with E-state index in [0.29, 0.717) is 11.1 Å². The van der Waals surface area contributed by atoms with E-state index in [1.54, 1.807) is 11.3 Å². The second kappa shape index (κ2) is 7.23. The fourth-order valence-corrected chi connectivity index (χ4v) is 5.52. The molecule has 6 nitrogen and oxygen atoms in total. The summed E-state index contributed by atoms with van der Waals surface area (Å²) in [5, 5.41) is 1.72. The minimum absolute atomic E-state index is 0.275. The summed E-state index contributed by atoms with van der Waals surface area (Å²) in [4.78, 5) is 19.6. The molecule has 29 heavy (non-hydrogen) atoms. The van der Waals surface area contributed by atoms with Gasteiger partial charge >= 0.3 is 0 Å². The van der Waals surface area contributed by atoms with Gasteiger partial charge in [-0.05, 0) is 38.7 Å². The van der Waals surface area contributed by atoms with Crippen molar-refractivity contribution in [2.45, 2.75) is 44.7 Å². The Hall–Kier alpha value is -2.22. The highest BCUT2D eigenvalue weighted by Gasteiger charge is 2.24. The molecule has 0 aliphatic heterocycles. The molecule has 0 saturated heterocycles. The topological polar surface area (TPSA) is 83.7 Å². The number of aromatic amines is 1. The lowest BCUT2D eigenvalue weighted by atomic mass is 9.91. The molecule has 0 amide bonds. The molecule has 8 heteroatoms. The Morgan fingerprint density at radius 3 is 2.93 bits per heavy atom. The van der Waals surface area contributed by atoms with Crippen LogP contribution in [0.25, 0.3) is 32.5 Å². The zero-order chi connectivity index (χ0) is 20.1. The van der Waals surface area contributed by atoms with E-state index in [-0.39, 0.29) is 6.04 Å². The van der Waals surface area contributed by atoms with Crippen LogP contribution in [0.5, 0.6) is 0 Å². The van der Waals surface area contributed by atoms with Gasteiger partial charge in [0.2, 0.25) is 0 Å². The number of nitrogens with one attached hydrogen (secondary N) is 1. The summed E-state index contributed by atoms with van der Waals surface area (Å²) in [6.45, 7) is 2.00. The van der Waals surface area contributed by atoms with Crippen molar-refractivity contribution in [1.82, 2.24) is 19.9 Å². The van der Waals surface area contributed by atoms with Gasteiger partial charge in [0.1, 0.15) is 11.3 Å². The standard InChI is InChI=1S/C21H23ClN6S/c1-11-26-16-7-6-14(18(22)20(16)29-11)15-9-25-21-19(15)24-10-17(27-21)28(2)13-5-3-4-12(23)8-13/h6-7,9-10,12-13H,3-5,8,23H2,1-2H3,(H,25,27)/t12-,13-/m1/s1. The first kappa shape index (κ1) is 18.8. The Balaban J connectivity index is 1.52. The van der Waals surface area contributed by atoms with Crippen LogP contribution in [-0.4, -0.2) is 39.1 Å². The summed E-state index contributed by atoms with van der Waals surface area (Å²) in [5.74, 6) is 0.865. The van der Waals surface area contributed by atoms with Gasteiger partial charge in [-0.2, -0.15) is 0 Å².